The van der Waals surface area contributed by atoms with Crippen molar-refractivity contribution in [2.75, 3.05) is 0 Å². The minimum Gasteiger partial charge on any atom is -0.481 e. The summed E-state index contributed by atoms with van der Waals surface area (Å²) in [5.74, 6) is -1.08. The van der Waals surface area contributed by atoms with E-state index < -0.39 is 11.5 Å². The highest BCUT2D eigenvalue weighted by Crippen LogP contribution is 2.25. The zero-order valence-corrected chi connectivity index (χ0v) is 11.2. The molecule has 1 amide bonds. The van der Waals surface area contributed by atoms with Gasteiger partial charge in [0.1, 0.15) is 0 Å². The number of nitrogens with one attached hydrogen (secondary N) is 1. The van der Waals surface area contributed by atoms with Gasteiger partial charge in [-0.1, -0.05) is 13.8 Å². The van der Waals surface area contributed by atoms with E-state index in [0.29, 0.717) is 25.7 Å². The summed E-state index contributed by atoms with van der Waals surface area (Å²) in [6, 6.07) is 0.0779. The Morgan fingerprint density at radius 2 is 1.72 bits per heavy atom. The standard InChI is InChI=1S/C13H24N2O3/c1-3-13(14,4-2)12(18)15-10-7-5-9(6-8-10)11(16)17/h9-10H,3-8,14H2,1-2H3,(H,15,18)(H,16,17). The molecular formula is C13H24N2O3. The monoisotopic (exact) mass is 256 g/mol. The van der Waals surface area contributed by atoms with Crippen molar-refractivity contribution < 1.29 is 14.7 Å². The van der Waals surface area contributed by atoms with Crippen LogP contribution in [0.4, 0.5) is 0 Å². The highest BCUT2D eigenvalue weighted by molar-refractivity contribution is 5.86. The summed E-state index contributed by atoms with van der Waals surface area (Å²) in [6.07, 6.45) is 3.95. The van der Waals surface area contributed by atoms with Gasteiger partial charge in [-0.3, -0.25) is 9.59 Å². The Morgan fingerprint density at radius 3 is 2.11 bits per heavy atom. The Labute approximate surface area is 108 Å². The third-order valence-electron chi connectivity index (χ3n) is 4.13. The Kier molecular flexibility index (Phi) is 5.14. The van der Waals surface area contributed by atoms with Crippen molar-refractivity contribution >= 4 is 11.9 Å². The van der Waals surface area contributed by atoms with Gasteiger partial charge >= 0.3 is 5.97 Å². The molecule has 1 rings (SSSR count). The minimum atomic E-state index is -0.788. The van der Waals surface area contributed by atoms with E-state index >= 15 is 0 Å². The molecule has 0 atom stereocenters. The van der Waals surface area contributed by atoms with Gasteiger partial charge in [-0.25, -0.2) is 0 Å². The molecule has 4 N–H and O–H groups in total. The molecule has 1 aliphatic carbocycles. The molecule has 104 valence electrons. The van der Waals surface area contributed by atoms with Gasteiger partial charge in [-0.2, -0.15) is 0 Å². The molecule has 1 aliphatic rings. The maximum absolute atomic E-state index is 12.1. The molecule has 18 heavy (non-hydrogen) atoms. The lowest BCUT2D eigenvalue weighted by atomic mass is 9.85. The van der Waals surface area contributed by atoms with Crippen LogP contribution >= 0.6 is 0 Å². The second-order valence-corrected chi connectivity index (χ2v) is 5.22. The van der Waals surface area contributed by atoms with E-state index in [-0.39, 0.29) is 17.9 Å². The molecule has 1 fully saturated rings. The van der Waals surface area contributed by atoms with Gasteiger partial charge in [0.05, 0.1) is 11.5 Å². The van der Waals surface area contributed by atoms with E-state index in [1.807, 2.05) is 13.8 Å². The highest BCUT2D eigenvalue weighted by atomic mass is 16.4. The number of amides is 1. The summed E-state index contributed by atoms with van der Waals surface area (Å²) in [7, 11) is 0. The largest absolute Gasteiger partial charge is 0.481 e. The van der Waals surface area contributed by atoms with E-state index in [1.165, 1.54) is 0 Å². The van der Waals surface area contributed by atoms with Gasteiger partial charge in [0.25, 0.3) is 0 Å². The summed E-state index contributed by atoms with van der Waals surface area (Å²) in [6.45, 7) is 3.81. The van der Waals surface area contributed by atoms with E-state index in [1.54, 1.807) is 0 Å². The van der Waals surface area contributed by atoms with Crippen LogP contribution in [0.25, 0.3) is 0 Å². The van der Waals surface area contributed by atoms with Crippen LogP contribution in [0, 0.1) is 5.92 Å². The summed E-state index contributed by atoms with van der Waals surface area (Å²) in [5, 5.41) is 11.9. The summed E-state index contributed by atoms with van der Waals surface area (Å²) in [5.41, 5.74) is 5.24. The van der Waals surface area contributed by atoms with Gasteiger partial charge in [-0.15, -0.1) is 0 Å². The van der Waals surface area contributed by atoms with Crippen molar-refractivity contribution in [1.82, 2.24) is 5.32 Å². The SMILES string of the molecule is CCC(N)(CC)C(=O)NC1CCC(C(=O)O)CC1. The number of carbonyl (C=O) groups excluding carboxylic acids is 1. The Bertz CT molecular complexity index is 305. The average Bonchev–Trinajstić information content (AvgIpc) is 2.38. The molecule has 0 unspecified atom stereocenters. The van der Waals surface area contributed by atoms with Gasteiger partial charge in [0.2, 0.25) is 5.91 Å². The molecule has 0 bridgehead atoms. The first-order valence-electron chi connectivity index (χ1n) is 6.75. The number of rotatable bonds is 5. The Morgan fingerprint density at radius 1 is 1.22 bits per heavy atom. The van der Waals surface area contributed by atoms with Crippen LogP contribution in [0.1, 0.15) is 52.4 Å². The molecule has 0 aromatic rings. The molecule has 1 saturated carbocycles. The van der Waals surface area contributed by atoms with Crippen LogP contribution < -0.4 is 11.1 Å². The van der Waals surface area contributed by atoms with Gasteiger partial charge in [0.15, 0.2) is 0 Å². The first kappa shape index (κ1) is 15.0. The number of carboxylic acids is 1. The zero-order chi connectivity index (χ0) is 13.8. The lowest BCUT2D eigenvalue weighted by molar-refractivity contribution is -0.142. The van der Waals surface area contributed by atoms with Crippen LogP contribution in [-0.2, 0) is 9.59 Å². The number of hydrogen-bond acceptors (Lipinski definition) is 3. The Hall–Kier alpha value is -1.10. The molecule has 0 aromatic heterocycles. The lowest BCUT2D eigenvalue weighted by Gasteiger charge is -2.31. The summed E-state index contributed by atoms with van der Waals surface area (Å²) < 4.78 is 0. The molecule has 0 saturated heterocycles. The van der Waals surface area contributed by atoms with Crippen molar-refractivity contribution in [2.24, 2.45) is 11.7 Å². The smallest absolute Gasteiger partial charge is 0.306 e. The normalized spacial score (nSPS) is 24.6. The molecule has 0 radical (unpaired) electrons. The van der Waals surface area contributed by atoms with Crippen LogP contribution in [0.2, 0.25) is 0 Å². The first-order valence-corrected chi connectivity index (χ1v) is 6.75. The van der Waals surface area contributed by atoms with Crippen LogP contribution in [0.3, 0.4) is 0 Å². The molecule has 0 aliphatic heterocycles. The molecule has 5 nitrogen and oxygen atoms in total. The number of hydrogen-bond donors (Lipinski definition) is 3. The van der Waals surface area contributed by atoms with E-state index in [9.17, 15) is 9.59 Å². The molecule has 0 heterocycles. The van der Waals surface area contributed by atoms with Crippen LogP contribution in [0.5, 0.6) is 0 Å². The minimum absolute atomic E-state index is 0.0779. The topological polar surface area (TPSA) is 92.4 Å². The van der Waals surface area contributed by atoms with Crippen molar-refractivity contribution in [1.29, 1.82) is 0 Å². The predicted molar refractivity (Wildman–Crippen MR) is 69.0 cm³/mol. The summed E-state index contributed by atoms with van der Waals surface area (Å²) in [4.78, 5) is 22.9. The van der Waals surface area contributed by atoms with Crippen molar-refractivity contribution in [3.63, 3.8) is 0 Å². The molecular weight excluding hydrogens is 232 g/mol. The number of carbonyl (C=O) groups is 2. The van der Waals surface area contributed by atoms with Crippen molar-refractivity contribution in [3.8, 4) is 0 Å². The van der Waals surface area contributed by atoms with Crippen LogP contribution in [-0.4, -0.2) is 28.6 Å². The fourth-order valence-electron chi connectivity index (χ4n) is 2.38. The van der Waals surface area contributed by atoms with Crippen molar-refractivity contribution in [3.05, 3.63) is 0 Å². The third-order valence-corrected chi connectivity index (χ3v) is 4.13. The maximum Gasteiger partial charge on any atom is 0.306 e. The van der Waals surface area contributed by atoms with Gasteiger partial charge in [-0.05, 0) is 38.5 Å². The molecule has 5 heteroatoms. The maximum atomic E-state index is 12.1. The highest BCUT2D eigenvalue weighted by Gasteiger charge is 2.33. The fraction of sp³-hybridized carbons (Fsp3) is 0.846. The van der Waals surface area contributed by atoms with E-state index in [4.69, 9.17) is 10.8 Å². The van der Waals surface area contributed by atoms with Crippen LogP contribution in [0.15, 0.2) is 0 Å². The first-order chi connectivity index (χ1) is 8.42. The van der Waals surface area contributed by atoms with Crippen molar-refractivity contribution in [2.45, 2.75) is 64.0 Å². The summed E-state index contributed by atoms with van der Waals surface area (Å²) >= 11 is 0. The average molecular weight is 256 g/mol. The third kappa shape index (κ3) is 3.45. The predicted octanol–water partition coefficient (Wildman–Crippen LogP) is 1.26. The van der Waals surface area contributed by atoms with Gasteiger partial charge < -0.3 is 16.2 Å². The quantitative estimate of drug-likeness (QED) is 0.690. The van der Waals surface area contributed by atoms with Gasteiger partial charge in [0, 0.05) is 6.04 Å². The number of nitrogens with two attached hydrogens (primary N) is 1. The number of carboxylic acid groups (broad SMARTS) is 1. The lowest BCUT2D eigenvalue weighted by Crippen LogP contribution is -2.56. The number of aliphatic carboxylic acids is 1. The second kappa shape index (κ2) is 6.18. The van der Waals surface area contributed by atoms with E-state index in [2.05, 4.69) is 5.32 Å². The zero-order valence-electron chi connectivity index (χ0n) is 11.2. The fourth-order valence-corrected chi connectivity index (χ4v) is 2.38. The second-order valence-electron chi connectivity index (χ2n) is 5.22. The molecule has 0 aromatic carbocycles. The van der Waals surface area contributed by atoms with E-state index in [0.717, 1.165) is 12.8 Å². The Balaban J connectivity index is 2.46. The molecule has 0 spiro atoms.